The number of methoxy groups -OCH3 is 1. The minimum absolute atomic E-state index is 0.203. The van der Waals surface area contributed by atoms with E-state index in [0.29, 0.717) is 40.1 Å². The minimum Gasteiger partial charge on any atom is -0.493 e. The fraction of sp³-hybridized carbons (Fsp3) is 0.160. The van der Waals surface area contributed by atoms with Crippen molar-refractivity contribution in [1.29, 1.82) is 0 Å². The van der Waals surface area contributed by atoms with Crippen LogP contribution in [0.4, 0.5) is 0 Å². The van der Waals surface area contributed by atoms with Crippen LogP contribution in [0.5, 0.6) is 11.5 Å². The highest BCUT2D eigenvalue weighted by Gasteiger charge is 2.13. The maximum absolute atomic E-state index is 12.0. The van der Waals surface area contributed by atoms with Gasteiger partial charge >= 0.3 is 11.8 Å². The molecule has 176 valence electrons. The van der Waals surface area contributed by atoms with Gasteiger partial charge in [-0.2, -0.15) is 5.10 Å². The van der Waals surface area contributed by atoms with Crippen molar-refractivity contribution in [2.24, 2.45) is 5.10 Å². The van der Waals surface area contributed by atoms with Gasteiger partial charge in [-0.25, -0.2) is 5.43 Å². The fourth-order valence-electron chi connectivity index (χ4n) is 2.99. The second kappa shape index (κ2) is 12.6. The first kappa shape index (κ1) is 25.1. The Morgan fingerprint density at radius 2 is 1.74 bits per heavy atom. The Bertz CT molecular complexity index is 1170. The Morgan fingerprint density at radius 3 is 2.47 bits per heavy atom. The summed E-state index contributed by atoms with van der Waals surface area (Å²) >= 11 is 12.0. The lowest BCUT2D eigenvalue weighted by atomic mass is 10.1. The zero-order valence-electron chi connectivity index (χ0n) is 18.4. The molecule has 0 atom stereocenters. The molecule has 0 saturated carbocycles. The summed E-state index contributed by atoms with van der Waals surface area (Å²) in [5, 5.41) is 7.33. The third-order valence-electron chi connectivity index (χ3n) is 4.71. The van der Waals surface area contributed by atoms with Gasteiger partial charge in [-0.05, 0) is 41.8 Å². The van der Waals surface area contributed by atoms with E-state index >= 15 is 0 Å². The van der Waals surface area contributed by atoms with Crippen molar-refractivity contribution < 1.29 is 19.1 Å². The normalized spacial score (nSPS) is 10.7. The summed E-state index contributed by atoms with van der Waals surface area (Å²) < 4.78 is 11.3. The molecule has 0 radical (unpaired) electrons. The molecule has 0 aliphatic rings. The zero-order chi connectivity index (χ0) is 24.3. The number of hydrazone groups is 1. The molecule has 7 nitrogen and oxygen atoms in total. The first-order valence-electron chi connectivity index (χ1n) is 10.4. The van der Waals surface area contributed by atoms with Gasteiger partial charge < -0.3 is 14.8 Å². The van der Waals surface area contributed by atoms with Crippen LogP contribution in [0.1, 0.15) is 16.7 Å². The van der Waals surface area contributed by atoms with E-state index in [9.17, 15) is 9.59 Å². The van der Waals surface area contributed by atoms with Crippen LogP contribution in [0.2, 0.25) is 10.0 Å². The monoisotopic (exact) mass is 499 g/mol. The van der Waals surface area contributed by atoms with E-state index in [1.165, 1.54) is 13.3 Å². The van der Waals surface area contributed by atoms with Gasteiger partial charge in [-0.1, -0.05) is 65.7 Å². The molecule has 0 saturated heterocycles. The van der Waals surface area contributed by atoms with Crippen molar-refractivity contribution in [1.82, 2.24) is 10.7 Å². The zero-order valence-corrected chi connectivity index (χ0v) is 19.9. The summed E-state index contributed by atoms with van der Waals surface area (Å²) in [7, 11) is 1.52. The number of carbonyl (C=O) groups excluding carboxylic acids is 2. The third-order valence-corrected chi connectivity index (χ3v) is 5.45. The lowest BCUT2D eigenvalue weighted by Crippen LogP contribution is -2.38. The Hall–Kier alpha value is -3.55. The molecule has 0 heterocycles. The quantitative estimate of drug-likeness (QED) is 0.259. The highest BCUT2D eigenvalue weighted by molar-refractivity contribution is 6.42. The Morgan fingerprint density at radius 1 is 0.941 bits per heavy atom. The van der Waals surface area contributed by atoms with E-state index in [0.717, 1.165) is 11.1 Å². The molecule has 0 spiro atoms. The highest BCUT2D eigenvalue weighted by Crippen LogP contribution is 2.31. The van der Waals surface area contributed by atoms with Crippen LogP contribution < -0.4 is 20.2 Å². The van der Waals surface area contributed by atoms with Gasteiger partial charge in [0.1, 0.15) is 6.61 Å². The number of para-hydroxylation sites is 1. The second-order valence-electron chi connectivity index (χ2n) is 7.11. The molecule has 0 bridgehead atoms. The molecule has 0 aliphatic heterocycles. The molecule has 0 fully saturated rings. The van der Waals surface area contributed by atoms with Crippen LogP contribution in [0.25, 0.3) is 0 Å². The summed E-state index contributed by atoms with van der Waals surface area (Å²) in [4.78, 5) is 24.0. The summed E-state index contributed by atoms with van der Waals surface area (Å²) in [6.45, 7) is 0.539. The molecule has 9 heteroatoms. The Kier molecular flexibility index (Phi) is 9.31. The number of carbonyl (C=O) groups is 2. The molecule has 0 aliphatic carbocycles. The minimum atomic E-state index is -0.870. The van der Waals surface area contributed by atoms with Crippen molar-refractivity contribution in [3.63, 3.8) is 0 Å². The molecule has 0 unspecified atom stereocenters. The van der Waals surface area contributed by atoms with Crippen LogP contribution in [0.15, 0.2) is 71.8 Å². The van der Waals surface area contributed by atoms with Gasteiger partial charge in [0.25, 0.3) is 0 Å². The molecule has 2 N–H and O–H groups in total. The molecule has 3 aromatic rings. The summed E-state index contributed by atoms with van der Waals surface area (Å²) in [5.41, 5.74) is 4.64. The molecule has 3 aromatic carbocycles. The Labute approximate surface area is 207 Å². The predicted molar refractivity (Wildman–Crippen MR) is 133 cm³/mol. The van der Waals surface area contributed by atoms with Gasteiger partial charge in [-0.15, -0.1) is 0 Å². The topological polar surface area (TPSA) is 89.0 Å². The second-order valence-corrected chi connectivity index (χ2v) is 7.92. The van der Waals surface area contributed by atoms with Crippen LogP contribution in [0, 0.1) is 0 Å². The van der Waals surface area contributed by atoms with E-state index in [2.05, 4.69) is 15.8 Å². The summed E-state index contributed by atoms with van der Waals surface area (Å²) in [5.74, 6) is -0.740. The van der Waals surface area contributed by atoms with E-state index in [1.54, 1.807) is 36.4 Å². The van der Waals surface area contributed by atoms with Crippen LogP contribution in [0.3, 0.4) is 0 Å². The number of halogens is 2. The third kappa shape index (κ3) is 7.23. The number of nitrogens with one attached hydrogen (secondary N) is 2. The van der Waals surface area contributed by atoms with Crippen molar-refractivity contribution in [3.8, 4) is 11.5 Å². The van der Waals surface area contributed by atoms with E-state index in [4.69, 9.17) is 32.7 Å². The van der Waals surface area contributed by atoms with Crippen molar-refractivity contribution >= 4 is 41.2 Å². The van der Waals surface area contributed by atoms with Crippen LogP contribution in [-0.4, -0.2) is 31.7 Å². The predicted octanol–water partition coefficient (Wildman–Crippen LogP) is 4.39. The number of amides is 2. The number of nitrogens with zero attached hydrogens (tertiary/aromatic N) is 1. The van der Waals surface area contributed by atoms with Gasteiger partial charge in [0.2, 0.25) is 0 Å². The lowest BCUT2D eigenvalue weighted by molar-refractivity contribution is -0.139. The number of benzene rings is 3. The van der Waals surface area contributed by atoms with Crippen molar-refractivity contribution in [2.75, 3.05) is 13.7 Å². The number of rotatable bonds is 9. The highest BCUT2D eigenvalue weighted by atomic mass is 35.5. The molecule has 0 aromatic heterocycles. The first-order valence-corrected chi connectivity index (χ1v) is 11.1. The largest absolute Gasteiger partial charge is 0.493 e. The molecule has 3 rings (SSSR count). The van der Waals surface area contributed by atoms with E-state index in [1.807, 2.05) is 30.3 Å². The molecular formula is C25H23Cl2N3O4. The first-order chi connectivity index (χ1) is 16.5. The van der Waals surface area contributed by atoms with Crippen LogP contribution in [-0.2, 0) is 22.6 Å². The molecule has 34 heavy (non-hydrogen) atoms. The van der Waals surface area contributed by atoms with E-state index in [-0.39, 0.29) is 6.61 Å². The van der Waals surface area contributed by atoms with Gasteiger partial charge in [0.15, 0.2) is 11.5 Å². The maximum atomic E-state index is 12.0. The van der Waals surface area contributed by atoms with Gasteiger partial charge in [-0.3, -0.25) is 9.59 Å². The Balaban J connectivity index is 1.58. The standard InChI is InChI=1S/C25H23Cl2N3O4/c1-33-22-9-5-8-19(23(22)34-16-18-10-11-20(26)21(27)14-18)15-29-30-25(32)24(31)28-13-12-17-6-3-2-4-7-17/h2-11,14-15H,12-13,16H2,1H3,(H,28,31)(H,30,32)/b29-15-. The van der Waals surface area contributed by atoms with Gasteiger partial charge in [0.05, 0.1) is 23.4 Å². The van der Waals surface area contributed by atoms with Crippen molar-refractivity contribution in [3.05, 3.63) is 93.5 Å². The average molecular weight is 500 g/mol. The van der Waals surface area contributed by atoms with Crippen molar-refractivity contribution in [2.45, 2.75) is 13.0 Å². The molecular weight excluding hydrogens is 477 g/mol. The number of ether oxygens (including phenoxy) is 2. The summed E-state index contributed by atoms with van der Waals surface area (Å²) in [6.07, 6.45) is 1.99. The van der Waals surface area contributed by atoms with Crippen LogP contribution >= 0.6 is 23.2 Å². The maximum Gasteiger partial charge on any atom is 0.329 e. The number of hydrogen-bond donors (Lipinski definition) is 2. The lowest BCUT2D eigenvalue weighted by Gasteiger charge is -2.13. The number of hydrogen-bond acceptors (Lipinski definition) is 5. The molecule has 2 amide bonds. The summed E-state index contributed by atoms with van der Waals surface area (Å²) in [6, 6.07) is 20.1. The fourth-order valence-corrected chi connectivity index (χ4v) is 3.31. The smallest absolute Gasteiger partial charge is 0.329 e. The van der Waals surface area contributed by atoms with E-state index < -0.39 is 11.8 Å². The van der Waals surface area contributed by atoms with Gasteiger partial charge in [0, 0.05) is 12.1 Å². The average Bonchev–Trinajstić information content (AvgIpc) is 2.85. The SMILES string of the molecule is COc1cccc(/C=N\NC(=O)C(=O)NCCc2ccccc2)c1OCc1ccc(Cl)c(Cl)c1.